The van der Waals surface area contributed by atoms with Crippen LogP contribution in [0.4, 0.5) is 26.3 Å². The van der Waals surface area contributed by atoms with Gasteiger partial charge in [-0.25, -0.2) is 26.3 Å². The van der Waals surface area contributed by atoms with Crippen LogP contribution in [0, 0.1) is 11.6 Å². The SMILES string of the molecule is C[C@H](N=C1NC(=O)[C@@](C)(C(C)(F)F)S1)c1ccc(F)cc1.C[C@H](N=C1NC(=O)[C@](C)(C(C)(F)F)S1)c1ccc(F)cc1. The van der Waals surface area contributed by atoms with Crippen molar-refractivity contribution in [1.82, 2.24) is 10.6 Å². The lowest BCUT2D eigenvalue weighted by molar-refractivity contribution is -0.131. The molecule has 4 atom stereocenters. The van der Waals surface area contributed by atoms with E-state index in [1.54, 1.807) is 38.1 Å². The number of amides is 2. The van der Waals surface area contributed by atoms with Crippen molar-refractivity contribution in [3.05, 3.63) is 71.3 Å². The Hall–Kier alpha value is -3.00. The van der Waals surface area contributed by atoms with Gasteiger partial charge in [-0.05, 0) is 63.1 Å². The number of alkyl halides is 4. The lowest BCUT2D eigenvalue weighted by Gasteiger charge is -2.25. The maximum Gasteiger partial charge on any atom is 0.268 e. The van der Waals surface area contributed by atoms with Crippen LogP contribution in [0.1, 0.15) is 64.8 Å². The van der Waals surface area contributed by atoms with Crippen molar-refractivity contribution < 1.29 is 35.9 Å². The first-order valence-electron chi connectivity index (χ1n) is 12.7. The number of rotatable bonds is 6. The van der Waals surface area contributed by atoms with Gasteiger partial charge in [0.15, 0.2) is 19.8 Å². The van der Waals surface area contributed by atoms with Gasteiger partial charge in [-0.15, -0.1) is 0 Å². The molecule has 0 aromatic heterocycles. The molecular formula is C28H30F6N4O2S2. The smallest absolute Gasteiger partial charge is 0.268 e. The zero-order valence-electron chi connectivity index (χ0n) is 23.6. The molecule has 2 aliphatic rings. The first-order chi connectivity index (χ1) is 19.3. The molecule has 0 radical (unpaired) electrons. The maximum atomic E-state index is 13.6. The summed E-state index contributed by atoms with van der Waals surface area (Å²) in [5, 5.41) is 5.07. The van der Waals surface area contributed by atoms with Gasteiger partial charge >= 0.3 is 0 Å². The Morgan fingerprint density at radius 3 is 1.19 bits per heavy atom. The standard InChI is InChI=1S/2C14H15F3N2OS/c2*1-8(9-4-6-10(15)7-5-9)18-12-19-11(20)13(2,21-12)14(3,16)17/h2*4-8H,1-3H3,(H,18,19,20)/t8-,13+;8-,13-/m00/s1. The molecule has 2 aliphatic heterocycles. The Labute approximate surface area is 248 Å². The van der Waals surface area contributed by atoms with E-state index in [2.05, 4.69) is 20.6 Å². The number of hydrogen-bond donors (Lipinski definition) is 2. The molecular weight excluding hydrogens is 602 g/mol. The number of carbonyl (C=O) groups is 2. The van der Waals surface area contributed by atoms with Crippen LogP contribution in [0.2, 0.25) is 0 Å². The molecule has 2 saturated heterocycles. The average molecular weight is 633 g/mol. The van der Waals surface area contributed by atoms with Crippen molar-refractivity contribution in [2.75, 3.05) is 0 Å². The number of benzene rings is 2. The Morgan fingerprint density at radius 2 is 0.952 bits per heavy atom. The predicted octanol–water partition coefficient (Wildman–Crippen LogP) is 7.04. The quantitative estimate of drug-likeness (QED) is 0.335. The van der Waals surface area contributed by atoms with Crippen LogP contribution in [-0.4, -0.2) is 43.5 Å². The van der Waals surface area contributed by atoms with Gasteiger partial charge in [0.25, 0.3) is 11.8 Å². The lowest BCUT2D eigenvalue weighted by atomic mass is 10.0. The summed E-state index contributed by atoms with van der Waals surface area (Å²) in [5.74, 6) is -8.58. The van der Waals surface area contributed by atoms with E-state index in [1.165, 1.54) is 38.1 Å². The third kappa shape index (κ3) is 7.31. The molecule has 2 aromatic rings. The average Bonchev–Trinajstić information content (AvgIpc) is 3.34. The molecule has 228 valence electrons. The summed E-state index contributed by atoms with van der Waals surface area (Å²) in [6.07, 6.45) is 0. The minimum absolute atomic E-state index is 0.154. The monoisotopic (exact) mass is 632 g/mol. The third-order valence-electron chi connectivity index (χ3n) is 6.91. The summed E-state index contributed by atoms with van der Waals surface area (Å²) in [7, 11) is 0. The van der Waals surface area contributed by atoms with Crippen LogP contribution in [0.15, 0.2) is 58.5 Å². The number of nitrogens with one attached hydrogen (secondary N) is 2. The highest BCUT2D eigenvalue weighted by molar-refractivity contribution is 8.16. The van der Waals surface area contributed by atoms with Crippen molar-refractivity contribution >= 4 is 45.7 Å². The summed E-state index contributed by atoms with van der Waals surface area (Å²) in [6, 6.07) is 10.7. The second-order valence-corrected chi connectivity index (χ2v) is 13.1. The van der Waals surface area contributed by atoms with E-state index in [1.807, 2.05) is 0 Å². The number of aliphatic imine (C=N–C) groups is 2. The molecule has 0 unspecified atom stereocenters. The highest BCUT2D eigenvalue weighted by Gasteiger charge is 2.58. The molecule has 0 bridgehead atoms. The van der Waals surface area contributed by atoms with E-state index >= 15 is 0 Å². The second kappa shape index (κ2) is 12.3. The minimum Gasteiger partial charge on any atom is -0.304 e. The first-order valence-corrected chi connectivity index (χ1v) is 14.3. The number of halogens is 6. The van der Waals surface area contributed by atoms with Gasteiger partial charge in [-0.3, -0.25) is 19.6 Å². The normalized spacial score (nSPS) is 26.0. The van der Waals surface area contributed by atoms with Crippen LogP contribution < -0.4 is 10.6 Å². The molecule has 2 N–H and O–H groups in total. The first kappa shape index (κ1) is 33.5. The van der Waals surface area contributed by atoms with E-state index in [-0.39, 0.29) is 34.1 Å². The van der Waals surface area contributed by atoms with Crippen molar-refractivity contribution in [1.29, 1.82) is 0 Å². The van der Waals surface area contributed by atoms with E-state index in [0.29, 0.717) is 13.8 Å². The molecule has 0 spiro atoms. The molecule has 14 heteroatoms. The topological polar surface area (TPSA) is 82.9 Å². The van der Waals surface area contributed by atoms with Crippen LogP contribution in [0.25, 0.3) is 0 Å². The summed E-state index contributed by atoms with van der Waals surface area (Å²) in [6.45, 7) is 7.30. The van der Waals surface area contributed by atoms with Gasteiger partial charge in [-0.2, -0.15) is 0 Å². The molecule has 4 rings (SSSR count). The number of carbonyl (C=O) groups excluding carboxylic acids is 2. The lowest BCUT2D eigenvalue weighted by Crippen LogP contribution is -2.47. The highest BCUT2D eigenvalue weighted by Crippen LogP contribution is 2.45. The van der Waals surface area contributed by atoms with Crippen molar-refractivity contribution in [3.8, 4) is 0 Å². The number of hydrogen-bond acceptors (Lipinski definition) is 6. The summed E-state index contributed by atoms with van der Waals surface area (Å²) in [4.78, 5) is 32.0. The highest BCUT2D eigenvalue weighted by atomic mass is 32.2. The molecule has 2 fully saturated rings. The number of nitrogens with zero attached hydrogens (tertiary/aromatic N) is 2. The minimum atomic E-state index is -3.17. The molecule has 0 saturated carbocycles. The molecule has 2 heterocycles. The Morgan fingerprint density at radius 1 is 0.667 bits per heavy atom. The molecule has 42 heavy (non-hydrogen) atoms. The zero-order chi connectivity index (χ0) is 31.7. The van der Waals surface area contributed by atoms with Gasteiger partial charge < -0.3 is 10.6 Å². The van der Waals surface area contributed by atoms with Gasteiger partial charge in [0.1, 0.15) is 11.6 Å². The zero-order valence-corrected chi connectivity index (χ0v) is 25.2. The Bertz CT molecular complexity index is 1270. The van der Waals surface area contributed by atoms with Crippen LogP contribution in [0.5, 0.6) is 0 Å². The molecule has 2 amide bonds. The van der Waals surface area contributed by atoms with Gasteiger partial charge in [0, 0.05) is 13.8 Å². The van der Waals surface area contributed by atoms with E-state index in [0.717, 1.165) is 34.7 Å². The molecule has 6 nitrogen and oxygen atoms in total. The summed E-state index contributed by atoms with van der Waals surface area (Å²) >= 11 is 1.44. The van der Waals surface area contributed by atoms with Gasteiger partial charge in [0.2, 0.25) is 11.8 Å². The number of amidine groups is 2. The Kier molecular flexibility index (Phi) is 9.82. The maximum absolute atomic E-state index is 13.6. The van der Waals surface area contributed by atoms with Crippen LogP contribution in [-0.2, 0) is 9.59 Å². The largest absolute Gasteiger partial charge is 0.304 e. The van der Waals surface area contributed by atoms with Crippen molar-refractivity contribution in [2.45, 2.75) is 75.0 Å². The van der Waals surface area contributed by atoms with Crippen LogP contribution in [0.3, 0.4) is 0 Å². The number of thioether (sulfide) groups is 2. The van der Waals surface area contributed by atoms with Crippen molar-refractivity contribution in [2.24, 2.45) is 9.98 Å². The summed E-state index contributed by atoms with van der Waals surface area (Å²) in [5.41, 5.74) is 1.46. The molecule has 2 aromatic carbocycles. The van der Waals surface area contributed by atoms with E-state index in [9.17, 15) is 35.9 Å². The fraction of sp³-hybridized carbons (Fsp3) is 0.429. The fourth-order valence-corrected chi connectivity index (χ4v) is 5.77. The predicted molar refractivity (Wildman–Crippen MR) is 154 cm³/mol. The second-order valence-electron chi connectivity index (χ2n) is 10.3. The molecule has 0 aliphatic carbocycles. The van der Waals surface area contributed by atoms with Gasteiger partial charge in [-0.1, -0.05) is 47.8 Å². The van der Waals surface area contributed by atoms with E-state index in [4.69, 9.17) is 0 Å². The van der Waals surface area contributed by atoms with Crippen molar-refractivity contribution in [3.63, 3.8) is 0 Å². The third-order valence-corrected chi connectivity index (χ3v) is 9.62. The fourth-order valence-electron chi connectivity index (χ4n) is 3.64. The van der Waals surface area contributed by atoms with Gasteiger partial charge in [0.05, 0.1) is 12.1 Å². The Balaban J connectivity index is 0.000000230. The van der Waals surface area contributed by atoms with E-state index < -0.39 is 33.2 Å². The van der Waals surface area contributed by atoms with Crippen LogP contribution >= 0.6 is 23.5 Å². The summed E-state index contributed by atoms with van der Waals surface area (Å²) < 4.78 is 76.2.